The summed E-state index contributed by atoms with van der Waals surface area (Å²) in [6.45, 7) is 3.85. The Labute approximate surface area is 318 Å². The molecule has 2 atom stereocenters. The van der Waals surface area contributed by atoms with Gasteiger partial charge in [-0.1, -0.05) is 0 Å². The number of rotatable bonds is 9. The van der Waals surface area contributed by atoms with E-state index in [1.54, 1.807) is 45.8 Å². The summed E-state index contributed by atoms with van der Waals surface area (Å²) in [4.78, 5) is 30.6. The van der Waals surface area contributed by atoms with Gasteiger partial charge < -0.3 is 16.0 Å². The van der Waals surface area contributed by atoms with Crippen LogP contribution in [0, 0.1) is 0 Å². The van der Waals surface area contributed by atoms with E-state index < -0.39 is 10.0 Å². The maximum absolute atomic E-state index is 12.9. The standard InChI is InChI=1S/C20H22N6O.C19H22N6O2S/c27-20(15-4-2-8-22-11-15)25-18-9-17(14-3-1-7-21-10-14)24-19-16(13-5-6-13)12-23-26(18)19;26-28(27,15-4-2-8-21-11-15)24-18-9-17(14-3-1-7-20-10-14)23-19-16(13-5-6-13)12-22-25(18)19/h2,4,8-9,11-14,21H,1,3,5-7,10H2,(H,25,27);2,4,8-9,11-14,20,24H,1,3,5-7,10H2. The number of piperidine rings is 2. The molecule has 4 fully saturated rings. The van der Waals surface area contributed by atoms with E-state index in [0.717, 1.165) is 92.9 Å². The van der Waals surface area contributed by atoms with Gasteiger partial charge >= 0.3 is 0 Å². The van der Waals surface area contributed by atoms with Crippen LogP contribution in [-0.4, -0.2) is 79.7 Å². The second-order valence-electron chi connectivity index (χ2n) is 14.9. The van der Waals surface area contributed by atoms with E-state index in [1.165, 1.54) is 30.7 Å². The SMILES string of the molecule is O=C(Nc1cc(C2CCCNC2)nc2c(C3CC3)cnn12)c1cccnc1.O=S(=O)(Nc1cc(C2CCCNC2)nc2c(C3CC3)cnn12)c1cccnc1. The number of amides is 1. The lowest BCUT2D eigenvalue weighted by atomic mass is 9.96. The fraction of sp³-hybridized carbons (Fsp3) is 0.410. The highest BCUT2D eigenvalue weighted by atomic mass is 32.2. The highest BCUT2D eigenvalue weighted by Gasteiger charge is 2.31. The van der Waals surface area contributed by atoms with Gasteiger partial charge in [0.25, 0.3) is 15.9 Å². The summed E-state index contributed by atoms with van der Waals surface area (Å²) in [5.41, 5.74) is 6.39. The minimum Gasteiger partial charge on any atom is -0.316 e. The third-order valence-electron chi connectivity index (χ3n) is 10.9. The monoisotopic (exact) mass is 760 g/mol. The van der Waals surface area contributed by atoms with Gasteiger partial charge in [-0.15, -0.1) is 0 Å². The smallest absolute Gasteiger partial charge is 0.264 e. The van der Waals surface area contributed by atoms with Gasteiger partial charge in [-0.05, 0) is 101 Å². The van der Waals surface area contributed by atoms with Crippen LogP contribution in [-0.2, 0) is 10.0 Å². The van der Waals surface area contributed by atoms with Crippen LogP contribution in [0.1, 0.15) is 108 Å². The predicted octanol–water partition coefficient (Wildman–Crippen LogP) is 4.99. The summed E-state index contributed by atoms with van der Waals surface area (Å²) in [7, 11) is -3.76. The first-order valence-corrected chi connectivity index (χ1v) is 20.7. The summed E-state index contributed by atoms with van der Waals surface area (Å²) >= 11 is 0. The number of carbonyl (C=O) groups is 1. The second kappa shape index (κ2) is 15.1. The normalized spacial score (nSPS) is 20.1. The summed E-state index contributed by atoms with van der Waals surface area (Å²) < 4.78 is 31.8. The van der Waals surface area contributed by atoms with E-state index >= 15 is 0 Å². The molecule has 16 heteroatoms. The highest BCUT2D eigenvalue weighted by Crippen LogP contribution is 2.43. The van der Waals surface area contributed by atoms with Gasteiger partial charge in [0.2, 0.25) is 0 Å². The van der Waals surface area contributed by atoms with Crippen molar-refractivity contribution in [3.05, 3.63) is 102 Å². The van der Waals surface area contributed by atoms with Crippen LogP contribution in [0.3, 0.4) is 0 Å². The molecular formula is C39H44N12O3S. The molecule has 284 valence electrons. The summed E-state index contributed by atoms with van der Waals surface area (Å²) in [6.07, 6.45) is 18.9. The molecular weight excluding hydrogens is 717 g/mol. The topological polar surface area (TPSA) is 185 Å². The van der Waals surface area contributed by atoms with E-state index in [1.807, 2.05) is 24.5 Å². The lowest BCUT2D eigenvalue weighted by molar-refractivity contribution is 0.102. The van der Waals surface area contributed by atoms with Crippen molar-refractivity contribution in [3.8, 4) is 0 Å². The van der Waals surface area contributed by atoms with Crippen LogP contribution in [0.2, 0.25) is 0 Å². The molecule has 10 rings (SSSR count). The zero-order valence-electron chi connectivity index (χ0n) is 30.4. The van der Waals surface area contributed by atoms with Gasteiger partial charge in [0.05, 0.1) is 29.3 Å². The van der Waals surface area contributed by atoms with Gasteiger partial charge in [0.1, 0.15) is 16.5 Å². The Balaban J connectivity index is 0.000000144. The first-order chi connectivity index (χ1) is 26.9. The molecule has 0 spiro atoms. The van der Waals surface area contributed by atoms with Crippen LogP contribution in [0.4, 0.5) is 11.6 Å². The maximum Gasteiger partial charge on any atom is 0.264 e. The number of anilines is 2. The zero-order chi connectivity index (χ0) is 37.4. The van der Waals surface area contributed by atoms with Crippen molar-refractivity contribution in [2.45, 2.75) is 79.9 Å². The van der Waals surface area contributed by atoms with Crippen molar-refractivity contribution < 1.29 is 13.2 Å². The first-order valence-electron chi connectivity index (χ1n) is 19.2. The number of hydrogen-bond donors (Lipinski definition) is 4. The number of carbonyl (C=O) groups excluding carboxylic acids is 1. The molecule has 6 aromatic rings. The van der Waals surface area contributed by atoms with E-state index in [-0.39, 0.29) is 16.7 Å². The Bertz CT molecular complexity index is 2420. The predicted molar refractivity (Wildman–Crippen MR) is 207 cm³/mol. The fourth-order valence-corrected chi connectivity index (χ4v) is 8.53. The molecule has 4 N–H and O–H groups in total. The van der Waals surface area contributed by atoms with Crippen LogP contribution < -0.4 is 20.7 Å². The van der Waals surface area contributed by atoms with Crippen LogP contribution in [0.5, 0.6) is 0 Å². The Hall–Kier alpha value is -5.32. The van der Waals surface area contributed by atoms with E-state index in [9.17, 15) is 13.2 Å². The second-order valence-corrected chi connectivity index (χ2v) is 16.6. The minimum atomic E-state index is -3.76. The molecule has 6 aromatic heterocycles. The zero-order valence-corrected chi connectivity index (χ0v) is 31.3. The van der Waals surface area contributed by atoms with E-state index in [4.69, 9.17) is 9.97 Å². The number of sulfonamides is 1. The first kappa shape index (κ1) is 35.4. The number of nitrogens with one attached hydrogen (secondary N) is 4. The molecule has 0 radical (unpaired) electrons. The third kappa shape index (κ3) is 7.66. The molecule has 2 aliphatic heterocycles. The van der Waals surface area contributed by atoms with Gasteiger partial charge in [-0.3, -0.25) is 19.5 Å². The number of fused-ring (bicyclic) bond motifs is 2. The minimum absolute atomic E-state index is 0.121. The van der Waals surface area contributed by atoms with Crippen LogP contribution in [0.25, 0.3) is 11.3 Å². The van der Waals surface area contributed by atoms with E-state index in [2.05, 4.69) is 40.8 Å². The third-order valence-corrected chi connectivity index (χ3v) is 12.2. The Kier molecular flexibility index (Phi) is 9.70. The van der Waals surface area contributed by atoms with Gasteiger partial charge in [-0.25, -0.2) is 18.4 Å². The molecule has 0 aromatic carbocycles. The van der Waals surface area contributed by atoms with E-state index in [0.29, 0.717) is 35.0 Å². The van der Waals surface area contributed by atoms with Crippen molar-refractivity contribution in [2.24, 2.45) is 0 Å². The molecule has 0 bridgehead atoms. The lowest BCUT2D eigenvalue weighted by Gasteiger charge is -2.23. The quantitative estimate of drug-likeness (QED) is 0.156. The summed E-state index contributed by atoms with van der Waals surface area (Å²) in [5.74, 6) is 2.56. The molecule has 15 nitrogen and oxygen atoms in total. The van der Waals surface area contributed by atoms with Gasteiger partial charge in [-0.2, -0.15) is 19.2 Å². The molecule has 2 saturated carbocycles. The van der Waals surface area contributed by atoms with Crippen LogP contribution >= 0.6 is 0 Å². The largest absolute Gasteiger partial charge is 0.316 e. The molecule has 8 heterocycles. The molecule has 4 aliphatic rings. The number of nitrogens with zero attached hydrogens (tertiary/aromatic N) is 8. The van der Waals surface area contributed by atoms with Crippen LogP contribution in [0.15, 0.2) is 78.5 Å². The Morgan fingerprint density at radius 3 is 1.76 bits per heavy atom. The molecule has 1 amide bonds. The van der Waals surface area contributed by atoms with Gasteiger partial charge in [0.15, 0.2) is 11.3 Å². The van der Waals surface area contributed by atoms with Gasteiger partial charge in [0, 0.05) is 73.0 Å². The van der Waals surface area contributed by atoms with Crippen molar-refractivity contribution in [2.75, 3.05) is 36.2 Å². The van der Waals surface area contributed by atoms with Crippen molar-refractivity contribution >= 4 is 38.9 Å². The van der Waals surface area contributed by atoms with Crippen molar-refractivity contribution in [1.29, 1.82) is 0 Å². The fourth-order valence-electron chi connectivity index (χ4n) is 7.54. The number of hydrogen-bond acceptors (Lipinski definition) is 11. The number of aromatic nitrogens is 8. The Morgan fingerprint density at radius 1 is 0.691 bits per heavy atom. The van der Waals surface area contributed by atoms with Crippen molar-refractivity contribution in [1.82, 2.24) is 49.8 Å². The molecule has 2 saturated heterocycles. The number of pyridine rings is 2. The molecule has 2 aliphatic carbocycles. The average Bonchev–Trinajstić information content (AvgIpc) is 4.17. The molecule has 2 unspecified atom stereocenters. The summed E-state index contributed by atoms with van der Waals surface area (Å²) in [6, 6.07) is 10.4. The average molecular weight is 761 g/mol. The maximum atomic E-state index is 12.9. The van der Waals surface area contributed by atoms with Crippen molar-refractivity contribution in [3.63, 3.8) is 0 Å². The molecule has 55 heavy (non-hydrogen) atoms. The Morgan fingerprint density at radius 2 is 1.25 bits per heavy atom. The highest BCUT2D eigenvalue weighted by molar-refractivity contribution is 7.92. The summed E-state index contributed by atoms with van der Waals surface area (Å²) in [5, 5.41) is 18.8. The lowest BCUT2D eigenvalue weighted by Crippen LogP contribution is -2.29.